The Kier molecular flexibility index (Phi) is 5.24. The van der Waals surface area contributed by atoms with Crippen LogP contribution in [0.2, 0.25) is 0 Å². The standard InChI is InChI=1S/C22H26O2/c1-2-3-4-5-6-7-11-16-12-10-15-19-20(16)22(24)18-14-9-8-13-17(18)21(19)23/h8-10,12-15,23-24H,2-7,11H2,1H3. The van der Waals surface area contributed by atoms with E-state index < -0.39 is 0 Å². The summed E-state index contributed by atoms with van der Waals surface area (Å²) in [5, 5.41) is 24.4. The normalized spacial score (nSPS) is 11.4. The molecule has 3 aromatic carbocycles. The molecule has 0 radical (unpaired) electrons. The molecule has 3 aromatic rings. The van der Waals surface area contributed by atoms with Gasteiger partial charge < -0.3 is 10.2 Å². The fraction of sp³-hybridized carbons (Fsp3) is 0.364. The minimum atomic E-state index is 0.267. The van der Waals surface area contributed by atoms with Gasteiger partial charge in [0.1, 0.15) is 11.5 Å². The zero-order chi connectivity index (χ0) is 16.9. The first kappa shape index (κ1) is 16.6. The lowest BCUT2D eigenvalue weighted by Crippen LogP contribution is -1.90. The maximum Gasteiger partial charge on any atom is 0.131 e. The molecular weight excluding hydrogens is 296 g/mol. The van der Waals surface area contributed by atoms with Gasteiger partial charge in [0, 0.05) is 21.5 Å². The molecule has 2 heteroatoms. The largest absolute Gasteiger partial charge is 0.507 e. The van der Waals surface area contributed by atoms with Crippen LogP contribution in [0, 0.1) is 0 Å². The highest BCUT2D eigenvalue weighted by Gasteiger charge is 2.14. The van der Waals surface area contributed by atoms with Crippen molar-refractivity contribution in [2.45, 2.75) is 51.9 Å². The van der Waals surface area contributed by atoms with Crippen molar-refractivity contribution in [1.29, 1.82) is 0 Å². The average molecular weight is 322 g/mol. The zero-order valence-corrected chi connectivity index (χ0v) is 14.4. The van der Waals surface area contributed by atoms with Gasteiger partial charge in [-0.05, 0) is 18.4 Å². The van der Waals surface area contributed by atoms with E-state index in [0.717, 1.165) is 34.6 Å². The minimum absolute atomic E-state index is 0.267. The van der Waals surface area contributed by atoms with Gasteiger partial charge in [-0.2, -0.15) is 0 Å². The van der Waals surface area contributed by atoms with E-state index in [9.17, 15) is 10.2 Å². The molecule has 0 heterocycles. The van der Waals surface area contributed by atoms with Gasteiger partial charge in [0.2, 0.25) is 0 Å². The van der Waals surface area contributed by atoms with Gasteiger partial charge in [0.15, 0.2) is 0 Å². The van der Waals surface area contributed by atoms with Crippen LogP contribution in [-0.2, 0) is 6.42 Å². The van der Waals surface area contributed by atoms with Gasteiger partial charge in [-0.15, -0.1) is 0 Å². The lowest BCUT2D eigenvalue weighted by atomic mass is 9.94. The first-order chi connectivity index (χ1) is 11.7. The number of hydrogen-bond donors (Lipinski definition) is 2. The molecule has 2 N–H and O–H groups in total. The van der Waals surface area contributed by atoms with E-state index >= 15 is 0 Å². The Morgan fingerprint density at radius 3 is 2.04 bits per heavy atom. The highest BCUT2D eigenvalue weighted by Crippen LogP contribution is 2.42. The Morgan fingerprint density at radius 2 is 1.29 bits per heavy atom. The number of benzene rings is 3. The average Bonchev–Trinajstić information content (AvgIpc) is 2.62. The maximum atomic E-state index is 10.8. The Bertz CT molecular complexity index is 836. The first-order valence-corrected chi connectivity index (χ1v) is 9.08. The summed E-state index contributed by atoms with van der Waals surface area (Å²) < 4.78 is 0. The number of fused-ring (bicyclic) bond motifs is 2. The van der Waals surface area contributed by atoms with Crippen molar-refractivity contribution in [3.05, 3.63) is 48.0 Å². The molecule has 0 bridgehead atoms. The fourth-order valence-corrected chi connectivity index (χ4v) is 3.56. The summed E-state index contributed by atoms with van der Waals surface area (Å²) in [6.07, 6.45) is 8.45. The van der Waals surface area contributed by atoms with Crippen molar-refractivity contribution in [3.8, 4) is 11.5 Å². The lowest BCUT2D eigenvalue weighted by molar-refractivity contribution is 0.478. The van der Waals surface area contributed by atoms with Crippen molar-refractivity contribution >= 4 is 21.5 Å². The van der Waals surface area contributed by atoms with Crippen LogP contribution >= 0.6 is 0 Å². The van der Waals surface area contributed by atoms with E-state index in [1.807, 2.05) is 36.4 Å². The molecule has 0 atom stereocenters. The van der Waals surface area contributed by atoms with E-state index in [2.05, 4.69) is 13.0 Å². The molecule has 0 saturated carbocycles. The topological polar surface area (TPSA) is 40.5 Å². The maximum absolute atomic E-state index is 10.8. The number of rotatable bonds is 7. The van der Waals surface area contributed by atoms with Crippen LogP contribution in [0.4, 0.5) is 0 Å². The van der Waals surface area contributed by atoms with E-state index in [1.54, 1.807) is 0 Å². The van der Waals surface area contributed by atoms with E-state index in [1.165, 1.54) is 32.1 Å². The molecular formula is C22H26O2. The third-order valence-corrected chi connectivity index (χ3v) is 4.88. The smallest absolute Gasteiger partial charge is 0.131 e. The number of hydrogen-bond acceptors (Lipinski definition) is 2. The van der Waals surface area contributed by atoms with Crippen molar-refractivity contribution < 1.29 is 10.2 Å². The SMILES string of the molecule is CCCCCCCCc1cccc2c(O)c3ccccc3c(O)c12. The van der Waals surface area contributed by atoms with Crippen LogP contribution in [0.5, 0.6) is 11.5 Å². The quantitative estimate of drug-likeness (QED) is 0.304. The van der Waals surface area contributed by atoms with E-state index in [-0.39, 0.29) is 5.75 Å². The third kappa shape index (κ3) is 3.19. The van der Waals surface area contributed by atoms with Gasteiger partial charge >= 0.3 is 0 Å². The predicted octanol–water partition coefficient (Wildman–Crippen LogP) is 6.31. The summed E-state index contributed by atoms with van der Waals surface area (Å²) in [5.41, 5.74) is 1.13. The second-order valence-corrected chi connectivity index (χ2v) is 6.60. The van der Waals surface area contributed by atoms with Crippen LogP contribution in [0.1, 0.15) is 51.0 Å². The predicted molar refractivity (Wildman–Crippen MR) is 102 cm³/mol. The van der Waals surface area contributed by atoms with Gasteiger partial charge in [-0.1, -0.05) is 81.5 Å². The van der Waals surface area contributed by atoms with Gasteiger partial charge in [0.25, 0.3) is 0 Å². The molecule has 0 spiro atoms. The summed E-state index contributed by atoms with van der Waals surface area (Å²) in [6, 6.07) is 13.4. The summed E-state index contributed by atoms with van der Waals surface area (Å²) in [7, 11) is 0. The van der Waals surface area contributed by atoms with Crippen LogP contribution in [-0.4, -0.2) is 10.2 Å². The molecule has 0 aliphatic rings. The molecule has 2 nitrogen and oxygen atoms in total. The number of aromatic hydroxyl groups is 2. The van der Waals surface area contributed by atoms with Crippen LogP contribution in [0.15, 0.2) is 42.5 Å². The molecule has 0 aromatic heterocycles. The molecule has 0 aliphatic carbocycles. The lowest BCUT2D eigenvalue weighted by Gasteiger charge is -2.13. The Labute approximate surface area is 143 Å². The van der Waals surface area contributed by atoms with Gasteiger partial charge in [-0.25, -0.2) is 0 Å². The minimum Gasteiger partial charge on any atom is -0.507 e. The third-order valence-electron chi connectivity index (χ3n) is 4.88. The number of phenols is 2. The van der Waals surface area contributed by atoms with Crippen molar-refractivity contribution in [2.24, 2.45) is 0 Å². The molecule has 0 saturated heterocycles. The fourth-order valence-electron chi connectivity index (χ4n) is 3.56. The Morgan fingerprint density at radius 1 is 0.667 bits per heavy atom. The van der Waals surface area contributed by atoms with Crippen LogP contribution in [0.3, 0.4) is 0 Å². The highest BCUT2D eigenvalue weighted by molar-refractivity contribution is 6.11. The molecule has 0 fully saturated rings. The monoisotopic (exact) mass is 322 g/mol. The Balaban J connectivity index is 1.92. The second-order valence-electron chi connectivity index (χ2n) is 6.60. The molecule has 126 valence electrons. The summed E-state index contributed by atoms with van der Waals surface area (Å²) in [4.78, 5) is 0. The summed E-state index contributed by atoms with van der Waals surface area (Å²) in [6.45, 7) is 2.23. The Hall–Kier alpha value is -2.22. The number of unbranched alkanes of at least 4 members (excludes halogenated alkanes) is 5. The molecule has 24 heavy (non-hydrogen) atoms. The van der Waals surface area contributed by atoms with Crippen molar-refractivity contribution in [3.63, 3.8) is 0 Å². The van der Waals surface area contributed by atoms with E-state index in [4.69, 9.17) is 0 Å². The highest BCUT2D eigenvalue weighted by atomic mass is 16.3. The van der Waals surface area contributed by atoms with Gasteiger partial charge in [-0.3, -0.25) is 0 Å². The summed E-state index contributed by atoms with van der Waals surface area (Å²) >= 11 is 0. The van der Waals surface area contributed by atoms with Crippen molar-refractivity contribution in [2.75, 3.05) is 0 Å². The number of phenolic OH excluding ortho intramolecular Hbond substituents is 2. The molecule has 0 aliphatic heterocycles. The van der Waals surface area contributed by atoms with Crippen LogP contribution in [0.25, 0.3) is 21.5 Å². The van der Waals surface area contributed by atoms with Gasteiger partial charge in [0.05, 0.1) is 0 Å². The van der Waals surface area contributed by atoms with E-state index in [0.29, 0.717) is 11.1 Å². The zero-order valence-electron chi connectivity index (χ0n) is 14.4. The molecule has 3 rings (SSSR count). The summed E-state index contributed by atoms with van der Waals surface area (Å²) in [5.74, 6) is 0.558. The first-order valence-electron chi connectivity index (χ1n) is 9.08. The molecule has 0 amide bonds. The number of aryl methyl sites for hydroxylation is 1. The second kappa shape index (κ2) is 7.57. The van der Waals surface area contributed by atoms with Crippen LogP contribution < -0.4 is 0 Å². The molecule has 0 unspecified atom stereocenters. The van der Waals surface area contributed by atoms with Crippen molar-refractivity contribution in [1.82, 2.24) is 0 Å².